The van der Waals surface area contributed by atoms with Gasteiger partial charge in [-0.2, -0.15) is 10.1 Å². The lowest BCUT2D eigenvalue weighted by Crippen LogP contribution is -2.58. The van der Waals surface area contributed by atoms with Gasteiger partial charge in [0, 0.05) is 56.2 Å². The van der Waals surface area contributed by atoms with E-state index in [0.29, 0.717) is 37.2 Å². The zero-order valence-corrected chi connectivity index (χ0v) is 21.1. The third kappa shape index (κ3) is 5.43. The molecule has 2 aromatic rings. The minimum absolute atomic E-state index is 0.00456. The van der Waals surface area contributed by atoms with Crippen LogP contribution in [0.2, 0.25) is 0 Å². The number of rotatable bonds is 8. The van der Waals surface area contributed by atoms with E-state index < -0.39 is 0 Å². The van der Waals surface area contributed by atoms with Crippen molar-refractivity contribution in [3.8, 4) is 0 Å². The Morgan fingerprint density at radius 1 is 1.17 bits per heavy atom. The van der Waals surface area contributed by atoms with Crippen LogP contribution in [-0.2, 0) is 9.53 Å². The Morgan fingerprint density at radius 3 is 2.63 bits per heavy atom. The summed E-state index contributed by atoms with van der Waals surface area (Å²) < 4.78 is 5.96. The van der Waals surface area contributed by atoms with Crippen LogP contribution in [0.3, 0.4) is 0 Å². The smallest absolute Gasteiger partial charge is 0.234 e. The van der Waals surface area contributed by atoms with Gasteiger partial charge in [0.2, 0.25) is 11.9 Å². The second kappa shape index (κ2) is 10.5. The summed E-state index contributed by atoms with van der Waals surface area (Å²) in [5.74, 6) is 2.31. The first-order chi connectivity index (χ1) is 17.0. The number of aromatic amines is 1. The average Bonchev–Trinajstić information content (AvgIpc) is 3.50. The maximum Gasteiger partial charge on any atom is 0.234 e. The van der Waals surface area contributed by atoms with E-state index in [0.717, 1.165) is 68.2 Å². The summed E-state index contributed by atoms with van der Waals surface area (Å²) in [4.78, 5) is 26.9. The Morgan fingerprint density at radius 2 is 1.97 bits per heavy atom. The molecule has 10 heteroatoms. The van der Waals surface area contributed by atoms with E-state index >= 15 is 0 Å². The van der Waals surface area contributed by atoms with Crippen molar-refractivity contribution >= 4 is 23.5 Å². The number of aryl methyl sites for hydroxylation is 1. The van der Waals surface area contributed by atoms with Gasteiger partial charge >= 0.3 is 0 Å². The van der Waals surface area contributed by atoms with Crippen LogP contribution in [0.5, 0.6) is 0 Å². The molecule has 3 fully saturated rings. The minimum Gasteiger partial charge on any atom is -0.372 e. The highest BCUT2D eigenvalue weighted by atomic mass is 16.5. The van der Waals surface area contributed by atoms with Gasteiger partial charge in [-0.05, 0) is 52.4 Å². The van der Waals surface area contributed by atoms with Gasteiger partial charge in [-0.1, -0.05) is 6.42 Å². The van der Waals surface area contributed by atoms with Crippen LogP contribution >= 0.6 is 0 Å². The Bertz CT molecular complexity index is 1010. The molecular formula is C25H38N8O2. The number of hydrogen-bond acceptors (Lipinski definition) is 8. The fraction of sp³-hybridized carbons (Fsp3) is 0.680. The van der Waals surface area contributed by atoms with E-state index in [-0.39, 0.29) is 12.0 Å². The molecule has 2 aromatic heterocycles. The second-order valence-corrected chi connectivity index (χ2v) is 10.1. The molecule has 0 aliphatic carbocycles. The molecule has 5 rings (SSSR count). The van der Waals surface area contributed by atoms with E-state index in [9.17, 15) is 4.79 Å². The van der Waals surface area contributed by atoms with E-state index in [1.54, 1.807) is 0 Å². The number of anilines is 3. The first-order valence-corrected chi connectivity index (χ1v) is 13.0. The van der Waals surface area contributed by atoms with Gasteiger partial charge in [0.05, 0.1) is 18.3 Å². The van der Waals surface area contributed by atoms with Crippen molar-refractivity contribution < 1.29 is 9.53 Å². The highest BCUT2D eigenvalue weighted by Crippen LogP contribution is 2.37. The maximum absolute atomic E-state index is 12.3. The summed E-state index contributed by atoms with van der Waals surface area (Å²) in [6, 6.07) is 5.12. The van der Waals surface area contributed by atoms with Crippen LogP contribution in [0.25, 0.3) is 0 Å². The standard InChI is InChI=1S/C25H38N8O2/c1-4-26-24(34)15-33-17-7-5-8-18(33)13-19(12-17)32(3)25-27-20(21-9-6-10-35-21)14-22(29-25)28-23-11-16(2)30-31-23/h11,14,17-19,21H,4-10,12-13,15H2,1-3H3,(H,26,34)(H2,27,28,29,30,31)/t17-,18+,19+,21?. The number of ether oxygens (including phenoxy) is 1. The number of nitrogens with one attached hydrogen (secondary N) is 3. The molecule has 35 heavy (non-hydrogen) atoms. The van der Waals surface area contributed by atoms with Crippen molar-refractivity contribution in [2.24, 2.45) is 0 Å². The average molecular weight is 483 g/mol. The third-order valence-electron chi connectivity index (χ3n) is 7.62. The lowest BCUT2D eigenvalue weighted by Gasteiger charge is -2.50. The highest BCUT2D eigenvalue weighted by Gasteiger charge is 2.40. The molecule has 10 nitrogen and oxygen atoms in total. The number of likely N-dealkylation sites (N-methyl/N-ethyl adjacent to an activating group) is 1. The molecule has 190 valence electrons. The molecule has 4 atom stereocenters. The van der Waals surface area contributed by atoms with E-state index in [1.807, 2.05) is 26.0 Å². The van der Waals surface area contributed by atoms with Crippen LogP contribution in [0.4, 0.5) is 17.6 Å². The van der Waals surface area contributed by atoms with Gasteiger partial charge in [0.15, 0.2) is 5.82 Å². The Kier molecular flexibility index (Phi) is 7.19. The number of aromatic nitrogens is 4. The number of nitrogens with zero attached hydrogens (tertiary/aromatic N) is 5. The molecule has 2 bridgehead atoms. The predicted molar refractivity (Wildman–Crippen MR) is 135 cm³/mol. The summed E-state index contributed by atoms with van der Waals surface area (Å²) in [5.41, 5.74) is 1.91. The fourth-order valence-electron chi connectivity index (χ4n) is 5.87. The molecule has 0 radical (unpaired) electrons. The molecule has 3 saturated heterocycles. The number of fused-ring (bicyclic) bond motifs is 2. The summed E-state index contributed by atoms with van der Waals surface area (Å²) in [6.07, 6.45) is 7.58. The number of carbonyl (C=O) groups is 1. The Hall–Kier alpha value is -2.72. The number of amides is 1. The summed E-state index contributed by atoms with van der Waals surface area (Å²) >= 11 is 0. The molecule has 0 saturated carbocycles. The fourth-order valence-corrected chi connectivity index (χ4v) is 5.87. The van der Waals surface area contributed by atoms with Crippen LogP contribution in [0, 0.1) is 6.92 Å². The molecule has 1 amide bonds. The number of piperidine rings is 2. The van der Waals surface area contributed by atoms with Gasteiger partial charge in [-0.3, -0.25) is 14.8 Å². The molecule has 1 unspecified atom stereocenters. The molecule has 3 N–H and O–H groups in total. The van der Waals surface area contributed by atoms with Gasteiger partial charge in [0.1, 0.15) is 5.82 Å². The maximum atomic E-state index is 12.3. The largest absolute Gasteiger partial charge is 0.372 e. The molecule has 5 heterocycles. The summed E-state index contributed by atoms with van der Waals surface area (Å²) in [6.45, 7) is 5.90. The number of H-pyrrole nitrogens is 1. The lowest BCUT2D eigenvalue weighted by atomic mass is 9.81. The Balaban J connectivity index is 1.36. The normalized spacial score (nSPS) is 26.5. The van der Waals surface area contributed by atoms with Crippen molar-refractivity contribution in [2.45, 2.75) is 83.0 Å². The van der Waals surface area contributed by atoms with Crippen molar-refractivity contribution in [3.63, 3.8) is 0 Å². The topological polar surface area (TPSA) is 111 Å². The van der Waals surface area contributed by atoms with Gasteiger partial charge in [0.25, 0.3) is 0 Å². The monoisotopic (exact) mass is 482 g/mol. The quantitative estimate of drug-likeness (QED) is 0.526. The summed E-state index contributed by atoms with van der Waals surface area (Å²) in [5, 5.41) is 13.6. The zero-order valence-electron chi connectivity index (χ0n) is 21.1. The molecule has 3 aliphatic rings. The van der Waals surface area contributed by atoms with Crippen LogP contribution in [0.15, 0.2) is 12.1 Å². The van der Waals surface area contributed by atoms with E-state index in [2.05, 4.69) is 37.7 Å². The van der Waals surface area contributed by atoms with Crippen molar-refractivity contribution in [3.05, 3.63) is 23.5 Å². The Labute approximate surface area is 207 Å². The molecule has 0 spiro atoms. The minimum atomic E-state index is 0.00456. The zero-order chi connectivity index (χ0) is 24.4. The summed E-state index contributed by atoms with van der Waals surface area (Å²) in [7, 11) is 2.11. The second-order valence-electron chi connectivity index (χ2n) is 10.1. The highest BCUT2D eigenvalue weighted by molar-refractivity contribution is 5.78. The van der Waals surface area contributed by atoms with Crippen LogP contribution < -0.4 is 15.5 Å². The van der Waals surface area contributed by atoms with Gasteiger partial charge < -0.3 is 20.3 Å². The molecule has 3 aliphatic heterocycles. The molecule has 0 aromatic carbocycles. The van der Waals surface area contributed by atoms with Crippen LogP contribution in [0.1, 0.15) is 69.4 Å². The van der Waals surface area contributed by atoms with E-state index in [1.165, 1.54) is 6.42 Å². The van der Waals surface area contributed by atoms with Crippen molar-refractivity contribution in [2.75, 3.05) is 37.0 Å². The third-order valence-corrected chi connectivity index (χ3v) is 7.62. The lowest BCUT2D eigenvalue weighted by molar-refractivity contribution is -0.125. The van der Waals surface area contributed by atoms with Gasteiger partial charge in [-0.15, -0.1) is 0 Å². The van der Waals surface area contributed by atoms with Crippen LogP contribution in [-0.4, -0.2) is 75.8 Å². The first kappa shape index (κ1) is 24.0. The van der Waals surface area contributed by atoms with Gasteiger partial charge in [-0.25, -0.2) is 4.98 Å². The SMILES string of the molecule is CCNC(=O)CN1[C@@H]2CCC[C@H]1C[C@@H](N(C)c1nc(Nc3cc(C)[nH]n3)cc(C3CCCO3)n1)C2. The number of carbonyl (C=O) groups excluding carboxylic acids is 1. The number of hydrogen-bond donors (Lipinski definition) is 3. The van der Waals surface area contributed by atoms with E-state index in [4.69, 9.17) is 14.7 Å². The first-order valence-electron chi connectivity index (χ1n) is 13.0. The predicted octanol–water partition coefficient (Wildman–Crippen LogP) is 3.06. The molecular weight excluding hydrogens is 444 g/mol. The van der Waals surface area contributed by atoms with Crippen molar-refractivity contribution in [1.82, 2.24) is 30.4 Å². The van der Waals surface area contributed by atoms with Crippen molar-refractivity contribution in [1.29, 1.82) is 0 Å².